The normalized spacial score (nSPS) is 19.3. The number of carbonyl (C=O) groups is 1. The molecule has 2 N–H and O–H groups in total. The summed E-state index contributed by atoms with van der Waals surface area (Å²) < 4.78 is 1.89. The quantitative estimate of drug-likeness (QED) is 0.799. The Morgan fingerprint density at radius 2 is 2.19 bits per heavy atom. The van der Waals surface area contributed by atoms with E-state index >= 15 is 0 Å². The van der Waals surface area contributed by atoms with Gasteiger partial charge in [-0.25, -0.2) is 4.68 Å². The molecular formula is C11H18N4O. The van der Waals surface area contributed by atoms with Gasteiger partial charge >= 0.3 is 0 Å². The maximum atomic E-state index is 11.8. The summed E-state index contributed by atoms with van der Waals surface area (Å²) in [6.07, 6.45) is 0. The van der Waals surface area contributed by atoms with Gasteiger partial charge in [-0.05, 0) is 19.8 Å². The molecular weight excluding hydrogens is 204 g/mol. The molecule has 0 bridgehead atoms. The van der Waals surface area contributed by atoms with Gasteiger partial charge in [-0.1, -0.05) is 13.8 Å². The van der Waals surface area contributed by atoms with Gasteiger partial charge in [0.25, 0.3) is 0 Å². The number of nitrogens with zero attached hydrogens (tertiary/aromatic N) is 2. The smallest absolute Gasteiger partial charge is 0.247 e. The van der Waals surface area contributed by atoms with Crippen molar-refractivity contribution in [2.24, 2.45) is 5.92 Å². The molecule has 1 amide bonds. The van der Waals surface area contributed by atoms with E-state index in [1.807, 2.05) is 32.4 Å². The van der Waals surface area contributed by atoms with Crippen LogP contribution in [0.2, 0.25) is 0 Å². The molecule has 2 rings (SSSR count). The first-order chi connectivity index (χ1) is 7.54. The van der Waals surface area contributed by atoms with Gasteiger partial charge in [-0.2, -0.15) is 5.10 Å². The zero-order valence-corrected chi connectivity index (χ0v) is 10.2. The van der Waals surface area contributed by atoms with Crippen molar-refractivity contribution in [2.75, 3.05) is 10.6 Å². The van der Waals surface area contributed by atoms with E-state index in [4.69, 9.17) is 0 Å². The zero-order valence-electron chi connectivity index (χ0n) is 10.2. The number of nitrogens with one attached hydrogen (secondary N) is 2. The SMILES string of the molecule is CCn1nc(C)c2c1NC(C(C)C)C(=O)N2. The van der Waals surface area contributed by atoms with Crippen LogP contribution >= 0.6 is 0 Å². The summed E-state index contributed by atoms with van der Waals surface area (Å²) in [5, 5.41) is 10.6. The highest BCUT2D eigenvalue weighted by Gasteiger charge is 2.31. The Morgan fingerprint density at radius 1 is 1.50 bits per heavy atom. The first-order valence-corrected chi connectivity index (χ1v) is 5.69. The molecule has 1 unspecified atom stereocenters. The Labute approximate surface area is 95.2 Å². The van der Waals surface area contributed by atoms with Crippen LogP contribution < -0.4 is 10.6 Å². The number of hydrogen-bond acceptors (Lipinski definition) is 3. The van der Waals surface area contributed by atoms with E-state index in [0.717, 1.165) is 23.7 Å². The number of fused-ring (bicyclic) bond motifs is 1. The third-order valence-electron chi connectivity index (χ3n) is 2.92. The maximum absolute atomic E-state index is 11.8. The molecule has 0 aliphatic carbocycles. The van der Waals surface area contributed by atoms with Crippen molar-refractivity contribution in [3.63, 3.8) is 0 Å². The molecule has 1 aromatic rings. The summed E-state index contributed by atoms with van der Waals surface area (Å²) in [7, 11) is 0. The highest BCUT2D eigenvalue weighted by Crippen LogP contribution is 2.31. The van der Waals surface area contributed by atoms with Crippen molar-refractivity contribution in [3.05, 3.63) is 5.69 Å². The molecule has 0 saturated carbocycles. The minimum atomic E-state index is -0.172. The molecule has 0 fully saturated rings. The Morgan fingerprint density at radius 3 is 2.75 bits per heavy atom. The van der Waals surface area contributed by atoms with Crippen LogP contribution in [0.3, 0.4) is 0 Å². The standard InChI is InChI=1S/C11H18N4O/c1-5-15-10-9(7(4)14-15)13-11(16)8(12-10)6(2)3/h6,8,12H,5H2,1-4H3,(H,13,16). The Kier molecular flexibility index (Phi) is 2.61. The largest absolute Gasteiger partial charge is 0.357 e. The summed E-state index contributed by atoms with van der Waals surface area (Å²) in [5.74, 6) is 1.22. The fourth-order valence-corrected chi connectivity index (χ4v) is 1.99. The van der Waals surface area contributed by atoms with Crippen LogP contribution in [0.15, 0.2) is 0 Å². The van der Waals surface area contributed by atoms with E-state index in [0.29, 0.717) is 0 Å². The van der Waals surface area contributed by atoms with Gasteiger partial charge in [0.1, 0.15) is 17.5 Å². The summed E-state index contributed by atoms with van der Waals surface area (Å²) in [5.41, 5.74) is 1.68. The zero-order chi connectivity index (χ0) is 11.9. The average Bonchev–Trinajstić information content (AvgIpc) is 2.54. The van der Waals surface area contributed by atoms with Gasteiger partial charge in [-0.3, -0.25) is 4.79 Å². The average molecular weight is 222 g/mol. The van der Waals surface area contributed by atoms with E-state index in [1.54, 1.807) is 0 Å². The van der Waals surface area contributed by atoms with Crippen molar-refractivity contribution < 1.29 is 4.79 Å². The molecule has 0 spiro atoms. The van der Waals surface area contributed by atoms with Gasteiger partial charge in [0.15, 0.2) is 0 Å². The predicted octanol–water partition coefficient (Wildman–Crippen LogP) is 1.60. The minimum Gasteiger partial charge on any atom is -0.357 e. The van der Waals surface area contributed by atoms with Crippen molar-refractivity contribution >= 4 is 17.4 Å². The van der Waals surface area contributed by atoms with Crippen molar-refractivity contribution in [3.8, 4) is 0 Å². The lowest BCUT2D eigenvalue weighted by molar-refractivity contribution is -0.117. The highest BCUT2D eigenvalue weighted by molar-refractivity contribution is 6.03. The van der Waals surface area contributed by atoms with E-state index < -0.39 is 0 Å². The fraction of sp³-hybridized carbons (Fsp3) is 0.636. The first-order valence-electron chi connectivity index (χ1n) is 5.69. The number of carbonyl (C=O) groups excluding carboxylic acids is 1. The lowest BCUT2D eigenvalue weighted by atomic mass is 10.0. The summed E-state index contributed by atoms with van der Waals surface area (Å²) in [6, 6.07) is -0.172. The van der Waals surface area contributed by atoms with Gasteiger partial charge in [0, 0.05) is 6.54 Å². The Bertz CT molecular complexity index is 422. The number of anilines is 2. The molecule has 1 atom stereocenters. The van der Waals surface area contributed by atoms with Crippen LogP contribution in [0.4, 0.5) is 11.5 Å². The molecule has 1 aliphatic heterocycles. The topological polar surface area (TPSA) is 59.0 Å². The third-order valence-corrected chi connectivity index (χ3v) is 2.92. The van der Waals surface area contributed by atoms with E-state index in [2.05, 4.69) is 15.7 Å². The van der Waals surface area contributed by atoms with Gasteiger partial charge in [0.05, 0.1) is 5.69 Å². The predicted molar refractivity (Wildman–Crippen MR) is 63.5 cm³/mol. The highest BCUT2D eigenvalue weighted by atomic mass is 16.2. The van der Waals surface area contributed by atoms with Crippen molar-refractivity contribution in [2.45, 2.75) is 40.3 Å². The fourth-order valence-electron chi connectivity index (χ4n) is 1.99. The maximum Gasteiger partial charge on any atom is 0.247 e. The third kappa shape index (κ3) is 1.56. The van der Waals surface area contributed by atoms with Crippen LogP contribution in [0.1, 0.15) is 26.5 Å². The van der Waals surface area contributed by atoms with Gasteiger partial charge in [-0.15, -0.1) is 0 Å². The summed E-state index contributed by atoms with van der Waals surface area (Å²) in [6.45, 7) is 8.80. The monoisotopic (exact) mass is 222 g/mol. The molecule has 88 valence electrons. The minimum absolute atomic E-state index is 0.0289. The molecule has 0 radical (unpaired) electrons. The second-order valence-corrected chi connectivity index (χ2v) is 4.48. The molecule has 16 heavy (non-hydrogen) atoms. The summed E-state index contributed by atoms with van der Waals surface area (Å²) >= 11 is 0. The van der Waals surface area contributed by atoms with E-state index in [-0.39, 0.29) is 17.9 Å². The number of rotatable bonds is 2. The molecule has 5 nitrogen and oxygen atoms in total. The first kappa shape index (κ1) is 11.0. The van der Waals surface area contributed by atoms with Crippen LogP contribution in [-0.2, 0) is 11.3 Å². The van der Waals surface area contributed by atoms with Crippen molar-refractivity contribution in [1.82, 2.24) is 9.78 Å². The van der Waals surface area contributed by atoms with Crippen LogP contribution in [0, 0.1) is 12.8 Å². The lowest BCUT2D eigenvalue weighted by Gasteiger charge is -2.28. The van der Waals surface area contributed by atoms with Crippen molar-refractivity contribution in [1.29, 1.82) is 0 Å². The number of aromatic nitrogens is 2. The van der Waals surface area contributed by atoms with Gasteiger partial charge < -0.3 is 10.6 Å². The second-order valence-electron chi connectivity index (χ2n) is 4.48. The van der Waals surface area contributed by atoms with Crippen LogP contribution in [0.25, 0.3) is 0 Å². The molecule has 0 aromatic carbocycles. The number of hydrogen-bond donors (Lipinski definition) is 2. The molecule has 1 aliphatic rings. The molecule has 0 saturated heterocycles. The second kappa shape index (κ2) is 3.81. The lowest BCUT2D eigenvalue weighted by Crippen LogP contribution is -2.42. The van der Waals surface area contributed by atoms with E-state index in [1.165, 1.54) is 0 Å². The molecule has 1 aromatic heterocycles. The summed E-state index contributed by atoms with van der Waals surface area (Å²) in [4.78, 5) is 11.8. The van der Waals surface area contributed by atoms with Gasteiger partial charge in [0.2, 0.25) is 5.91 Å². The molecule has 5 heteroatoms. The number of aryl methyl sites for hydroxylation is 2. The Balaban J connectivity index is 2.41. The van der Waals surface area contributed by atoms with Crippen LogP contribution in [0.5, 0.6) is 0 Å². The number of amides is 1. The van der Waals surface area contributed by atoms with Crippen LogP contribution in [-0.4, -0.2) is 21.7 Å². The molecule has 2 heterocycles. The van der Waals surface area contributed by atoms with E-state index in [9.17, 15) is 4.79 Å². The Hall–Kier alpha value is -1.52.